The van der Waals surface area contributed by atoms with E-state index in [1.165, 1.54) is 51.4 Å². The quantitative estimate of drug-likeness (QED) is 0.839. The first-order chi connectivity index (χ1) is 10.2. The molecule has 0 spiro atoms. The molecule has 0 aliphatic heterocycles. The average molecular weight is 290 g/mol. The van der Waals surface area contributed by atoms with Crippen molar-refractivity contribution < 1.29 is 4.79 Å². The van der Waals surface area contributed by atoms with Crippen molar-refractivity contribution >= 4 is 5.91 Å². The molecule has 5 saturated carbocycles. The summed E-state index contributed by atoms with van der Waals surface area (Å²) < 4.78 is 0. The predicted molar refractivity (Wildman–Crippen MR) is 83.5 cm³/mol. The van der Waals surface area contributed by atoms with Gasteiger partial charge in [0.25, 0.3) is 0 Å². The highest BCUT2D eigenvalue weighted by molar-refractivity contribution is 5.80. The van der Waals surface area contributed by atoms with E-state index < -0.39 is 0 Å². The van der Waals surface area contributed by atoms with Gasteiger partial charge >= 0.3 is 0 Å². The Morgan fingerprint density at radius 1 is 0.952 bits per heavy atom. The lowest BCUT2D eigenvalue weighted by Gasteiger charge is -2.54. The summed E-state index contributed by atoms with van der Waals surface area (Å²) >= 11 is 0. The van der Waals surface area contributed by atoms with Gasteiger partial charge in [-0.1, -0.05) is 12.8 Å². The zero-order valence-corrected chi connectivity index (χ0v) is 13.1. The van der Waals surface area contributed by atoms with Gasteiger partial charge in [0, 0.05) is 12.0 Å². The summed E-state index contributed by atoms with van der Waals surface area (Å²) in [4.78, 5) is 12.9. The predicted octanol–water partition coefficient (Wildman–Crippen LogP) is 2.69. The Kier molecular flexibility index (Phi) is 3.72. The number of carbonyl (C=O) groups excluding carboxylic acids is 1. The van der Waals surface area contributed by atoms with E-state index >= 15 is 0 Å². The van der Waals surface area contributed by atoms with Gasteiger partial charge in [0.1, 0.15) is 0 Å². The third-order valence-electron chi connectivity index (χ3n) is 7.07. The second kappa shape index (κ2) is 5.57. The van der Waals surface area contributed by atoms with Crippen molar-refractivity contribution in [2.75, 3.05) is 6.54 Å². The molecule has 3 heteroatoms. The summed E-state index contributed by atoms with van der Waals surface area (Å²) in [6.45, 7) is 0.729. The summed E-state index contributed by atoms with van der Waals surface area (Å²) in [6, 6.07) is 0.355. The molecule has 2 unspecified atom stereocenters. The van der Waals surface area contributed by atoms with E-state index in [0.717, 1.165) is 24.8 Å². The number of hydrogen-bond acceptors (Lipinski definition) is 2. The minimum atomic E-state index is 0.332. The lowest BCUT2D eigenvalue weighted by molar-refractivity contribution is -0.139. The Morgan fingerprint density at radius 3 is 2.19 bits per heavy atom. The van der Waals surface area contributed by atoms with Crippen molar-refractivity contribution in [1.29, 1.82) is 0 Å². The van der Waals surface area contributed by atoms with Crippen molar-refractivity contribution in [3.8, 4) is 0 Å². The highest BCUT2D eigenvalue weighted by atomic mass is 16.2. The van der Waals surface area contributed by atoms with Gasteiger partial charge in [-0.15, -0.1) is 0 Å². The summed E-state index contributed by atoms with van der Waals surface area (Å²) in [5.41, 5.74) is 5.91. The number of hydrogen-bond donors (Lipinski definition) is 2. The van der Waals surface area contributed by atoms with Crippen molar-refractivity contribution in [3.63, 3.8) is 0 Å². The lowest BCUT2D eigenvalue weighted by atomic mass is 9.51. The van der Waals surface area contributed by atoms with Crippen LogP contribution in [0.1, 0.15) is 57.8 Å². The van der Waals surface area contributed by atoms with Gasteiger partial charge in [-0.2, -0.15) is 0 Å². The molecule has 0 aromatic heterocycles. The fourth-order valence-corrected chi connectivity index (χ4v) is 6.31. The van der Waals surface area contributed by atoms with Gasteiger partial charge in [-0.3, -0.25) is 4.79 Å². The van der Waals surface area contributed by atoms with Gasteiger partial charge in [-0.25, -0.2) is 0 Å². The van der Waals surface area contributed by atoms with Crippen LogP contribution in [0.25, 0.3) is 0 Å². The first kappa shape index (κ1) is 14.0. The highest BCUT2D eigenvalue weighted by Crippen LogP contribution is 2.56. The van der Waals surface area contributed by atoms with E-state index in [1.807, 2.05) is 0 Å². The fraction of sp³-hybridized carbons (Fsp3) is 0.944. The van der Waals surface area contributed by atoms with E-state index in [9.17, 15) is 4.79 Å². The summed E-state index contributed by atoms with van der Waals surface area (Å²) in [6.07, 6.45) is 11.6. The molecule has 0 heterocycles. The summed E-state index contributed by atoms with van der Waals surface area (Å²) in [5, 5.41) is 3.43. The molecular weight excluding hydrogens is 260 g/mol. The van der Waals surface area contributed by atoms with Crippen LogP contribution < -0.4 is 11.1 Å². The Labute approximate surface area is 128 Å². The van der Waals surface area contributed by atoms with E-state index in [1.54, 1.807) is 0 Å². The molecule has 21 heavy (non-hydrogen) atoms. The molecule has 0 aromatic rings. The third kappa shape index (κ3) is 2.52. The number of nitrogens with two attached hydrogens (primary N) is 1. The Bertz CT molecular complexity index is 380. The fourth-order valence-electron chi connectivity index (χ4n) is 6.31. The summed E-state index contributed by atoms with van der Waals surface area (Å²) in [7, 11) is 0. The van der Waals surface area contributed by atoms with Crippen LogP contribution >= 0.6 is 0 Å². The molecule has 0 radical (unpaired) electrons. The van der Waals surface area contributed by atoms with Crippen LogP contribution in [0.4, 0.5) is 0 Å². The SMILES string of the molecule is NCC1CCCCC1NC(=O)C1C2CC3CC(C2)CC1C3. The number of carbonyl (C=O) groups is 1. The number of nitrogens with one attached hydrogen (secondary N) is 1. The van der Waals surface area contributed by atoms with Gasteiger partial charge in [0.05, 0.1) is 0 Å². The molecule has 5 aliphatic rings. The maximum atomic E-state index is 12.9. The molecule has 4 bridgehead atoms. The molecule has 2 atom stereocenters. The number of rotatable bonds is 3. The second-order valence-electron chi connectivity index (χ2n) is 8.35. The first-order valence-corrected chi connectivity index (χ1v) is 9.25. The molecule has 5 rings (SSSR count). The van der Waals surface area contributed by atoms with Crippen LogP contribution in [0.5, 0.6) is 0 Å². The maximum absolute atomic E-state index is 12.9. The van der Waals surface area contributed by atoms with Crippen molar-refractivity contribution in [1.82, 2.24) is 5.32 Å². The largest absolute Gasteiger partial charge is 0.353 e. The minimum absolute atomic E-state index is 0.332. The van der Waals surface area contributed by atoms with Gasteiger partial charge in [0.15, 0.2) is 0 Å². The zero-order chi connectivity index (χ0) is 14.4. The van der Waals surface area contributed by atoms with Crippen molar-refractivity contribution in [3.05, 3.63) is 0 Å². The third-order valence-corrected chi connectivity index (χ3v) is 7.07. The van der Waals surface area contributed by atoms with Crippen molar-refractivity contribution in [2.45, 2.75) is 63.8 Å². The molecule has 1 amide bonds. The molecule has 3 nitrogen and oxygen atoms in total. The van der Waals surface area contributed by atoms with Crippen LogP contribution in [-0.2, 0) is 4.79 Å². The molecule has 5 fully saturated rings. The van der Waals surface area contributed by atoms with E-state index in [-0.39, 0.29) is 0 Å². The van der Waals surface area contributed by atoms with Gasteiger partial charge in [-0.05, 0) is 81.1 Å². The molecular formula is C18H30N2O. The standard InChI is InChI=1S/C18H30N2O/c19-10-13-3-1-2-4-16(13)20-18(21)17-14-6-11-5-12(8-14)9-15(17)7-11/h11-17H,1-10,19H2,(H,20,21). The van der Waals surface area contributed by atoms with E-state index in [2.05, 4.69) is 5.32 Å². The monoisotopic (exact) mass is 290 g/mol. The van der Waals surface area contributed by atoms with Crippen LogP contribution in [0.2, 0.25) is 0 Å². The molecule has 0 aromatic carbocycles. The normalized spacial score (nSPS) is 48.3. The zero-order valence-electron chi connectivity index (χ0n) is 13.1. The minimum Gasteiger partial charge on any atom is -0.353 e. The average Bonchev–Trinajstić information content (AvgIpc) is 2.46. The smallest absolute Gasteiger partial charge is 0.223 e. The van der Waals surface area contributed by atoms with E-state index in [4.69, 9.17) is 5.73 Å². The first-order valence-electron chi connectivity index (χ1n) is 9.25. The van der Waals surface area contributed by atoms with E-state index in [0.29, 0.717) is 35.6 Å². The van der Waals surface area contributed by atoms with Gasteiger partial charge < -0.3 is 11.1 Å². The second-order valence-corrected chi connectivity index (χ2v) is 8.35. The van der Waals surface area contributed by atoms with Crippen LogP contribution in [0.15, 0.2) is 0 Å². The van der Waals surface area contributed by atoms with Crippen LogP contribution in [0, 0.1) is 35.5 Å². The summed E-state index contributed by atoms with van der Waals surface area (Å²) in [5.74, 6) is 4.51. The Balaban J connectivity index is 1.43. The molecule has 5 aliphatic carbocycles. The molecule has 118 valence electrons. The van der Waals surface area contributed by atoms with Crippen molar-refractivity contribution in [2.24, 2.45) is 41.2 Å². The molecule has 3 N–H and O–H groups in total. The topological polar surface area (TPSA) is 55.1 Å². The van der Waals surface area contributed by atoms with Crippen LogP contribution in [-0.4, -0.2) is 18.5 Å². The lowest BCUT2D eigenvalue weighted by Crippen LogP contribution is -2.54. The number of amides is 1. The Hall–Kier alpha value is -0.570. The highest BCUT2D eigenvalue weighted by Gasteiger charge is 2.51. The van der Waals surface area contributed by atoms with Gasteiger partial charge in [0.2, 0.25) is 5.91 Å². The van der Waals surface area contributed by atoms with Crippen LogP contribution in [0.3, 0.4) is 0 Å². The maximum Gasteiger partial charge on any atom is 0.223 e. The Morgan fingerprint density at radius 2 is 1.57 bits per heavy atom. The molecule has 0 saturated heterocycles.